The van der Waals surface area contributed by atoms with Crippen LogP contribution < -0.4 is 10.6 Å². The Morgan fingerprint density at radius 1 is 0.833 bits per heavy atom. The van der Waals surface area contributed by atoms with Crippen molar-refractivity contribution in [3.05, 3.63) is 72.3 Å². The van der Waals surface area contributed by atoms with E-state index in [1.165, 1.54) is 7.11 Å². The number of methoxy groups -OCH3 is 1. The molecule has 2 amide bonds. The number of amides is 2. The van der Waals surface area contributed by atoms with Crippen LogP contribution in [0.25, 0.3) is 10.8 Å². The summed E-state index contributed by atoms with van der Waals surface area (Å²) in [6.45, 7) is 0. The average Bonchev–Trinajstić information content (AvgIpc) is 2.62. The Bertz CT molecular complexity index is 883. The smallest absolute Gasteiger partial charge is 0.337 e. The van der Waals surface area contributed by atoms with E-state index in [2.05, 4.69) is 15.4 Å². The molecule has 0 radical (unpaired) electrons. The Balaban J connectivity index is 1.72. The van der Waals surface area contributed by atoms with Gasteiger partial charge in [0.25, 0.3) is 0 Å². The second-order valence-electron chi connectivity index (χ2n) is 5.17. The van der Waals surface area contributed by atoms with Gasteiger partial charge in [-0.2, -0.15) is 0 Å². The number of hydrogen-bond acceptors (Lipinski definition) is 3. The molecule has 3 aromatic rings. The quantitative estimate of drug-likeness (QED) is 0.708. The summed E-state index contributed by atoms with van der Waals surface area (Å²) >= 11 is 0. The van der Waals surface area contributed by atoms with Crippen molar-refractivity contribution < 1.29 is 14.3 Å². The second kappa shape index (κ2) is 6.83. The zero-order valence-corrected chi connectivity index (χ0v) is 13.1. The third-order valence-electron chi connectivity index (χ3n) is 3.60. The summed E-state index contributed by atoms with van der Waals surface area (Å²) in [5, 5.41) is 7.60. The molecule has 5 nitrogen and oxygen atoms in total. The molecular formula is C19H16N2O3. The minimum atomic E-state index is -0.415. The molecule has 0 aliphatic carbocycles. The van der Waals surface area contributed by atoms with Gasteiger partial charge in [-0.15, -0.1) is 0 Å². The Morgan fingerprint density at radius 3 is 2.29 bits per heavy atom. The summed E-state index contributed by atoms with van der Waals surface area (Å²) in [6.07, 6.45) is 0. The highest BCUT2D eigenvalue weighted by Gasteiger charge is 2.08. The third kappa shape index (κ3) is 3.35. The summed E-state index contributed by atoms with van der Waals surface area (Å²) in [6, 6.07) is 19.7. The average molecular weight is 320 g/mol. The molecule has 0 atom stereocenters. The van der Waals surface area contributed by atoms with Crippen molar-refractivity contribution >= 4 is 34.1 Å². The first-order chi connectivity index (χ1) is 11.7. The van der Waals surface area contributed by atoms with Crippen LogP contribution in [0.5, 0.6) is 0 Å². The van der Waals surface area contributed by atoms with Crippen molar-refractivity contribution in [1.82, 2.24) is 0 Å². The van der Waals surface area contributed by atoms with Gasteiger partial charge in [0.15, 0.2) is 0 Å². The zero-order valence-electron chi connectivity index (χ0n) is 13.1. The van der Waals surface area contributed by atoms with E-state index in [4.69, 9.17) is 0 Å². The summed E-state index contributed by atoms with van der Waals surface area (Å²) in [7, 11) is 1.33. The highest BCUT2D eigenvalue weighted by atomic mass is 16.5. The van der Waals surface area contributed by atoms with Gasteiger partial charge in [0, 0.05) is 11.1 Å². The van der Waals surface area contributed by atoms with Crippen LogP contribution >= 0.6 is 0 Å². The van der Waals surface area contributed by atoms with E-state index in [0.29, 0.717) is 11.3 Å². The standard InChI is InChI=1S/C19H16N2O3/c1-24-18(22)14-9-11-15(12-10-14)20-19(23)21-17-8-4-6-13-5-2-3-7-16(13)17/h2-12H,1H3,(H2,20,21,23). The van der Waals surface area contributed by atoms with Gasteiger partial charge in [0.2, 0.25) is 0 Å². The lowest BCUT2D eigenvalue weighted by Crippen LogP contribution is -2.19. The number of hydrogen-bond donors (Lipinski definition) is 2. The molecule has 0 saturated carbocycles. The topological polar surface area (TPSA) is 67.4 Å². The third-order valence-corrected chi connectivity index (χ3v) is 3.60. The van der Waals surface area contributed by atoms with Gasteiger partial charge in [0.05, 0.1) is 18.4 Å². The Labute approximate surface area is 139 Å². The molecule has 0 aliphatic rings. The maximum absolute atomic E-state index is 12.2. The molecular weight excluding hydrogens is 304 g/mol. The fourth-order valence-electron chi connectivity index (χ4n) is 2.43. The van der Waals surface area contributed by atoms with Crippen LogP contribution in [-0.2, 0) is 4.74 Å². The predicted octanol–water partition coefficient (Wildman–Crippen LogP) is 4.27. The molecule has 2 N–H and O–H groups in total. The highest BCUT2D eigenvalue weighted by Crippen LogP contribution is 2.23. The first-order valence-corrected chi connectivity index (χ1v) is 7.41. The minimum absolute atomic E-state index is 0.350. The molecule has 0 unspecified atom stereocenters. The van der Waals surface area contributed by atoms with Crippen molar-refractivity contribution in [2.75, 3.05) is 17.7 Å². The number of nitrogens with one attached hydrogen (secondary N) is 2. The molecule has 5 heteroatoms. The predicted molar refractivity (Wildman–Crippen MR) is 94.4 cm³/mol. The van der Waals surface area contributed by atoms with Crippen LogP contribution in [0.4, 0.5) is 16.2 Å². The molecule has 0 aromatic heterocycles. The summed E-state index contributed by atoms with van der Waals surface area (Å²) in [5.41, 5.74) is 1.75. The van der Waals surface area contributed by atoms with Gasteiger partial charge < -0.3 is 15.4 Å². The lowest BCUT2D eigenvalue weighted by Gasteiger charge is -2.10. The van der Waals surface area contributed by atoms with E-state index < -0.39 is 5.97 Å². The van der Waals surface area contributed by atoms with E-state index in [1.807, 2.05) is 42.5 Å². The van der Waals surface area contributed by atoms with E-state index in [0.717, 1.165) is 16.5 Å². The fourth-order valence-corrected chi connectivity index (χ4v) is 2.43. The van der Waals surface area contributed by atoms with Crippen molar-refractivity contribution in [3.8, 4) is 0 Å². The number of esters is 1. The summed E-state index contributed by atoms with van der Waals surface area (Å²) in [5.74, 6) is -0.415. The van der Waals surface area contributed by atoms with Gasteiger partial charge in [-0.1, -0.05) is 36.4 Å². The fraction of sp³-hybridized carbons (Fsp3) is 0.0526. The van der Waals surface area contributed by atoms with Crippen LogP contribution in [0.15, 0.2) is 66.7 Å². The molecule has 3 aromatic carbocycles. The molecule has 0 aliphatic heterocycles. The summed E-state index contributed by atoms with van der Waals surface area (Å²) in [4.78, 5) is 23.6. The molecule has 0 spiro atoms. The Hall–Kier alpha value is -3.34. The highest BCUT2D eigenvalue weighted by molar-refractivity contribution is 6.06. The second-order valence-corrected chi connectivity index (χ2v) is 5.17. The van der Waals surface area contributed by atoms with Gasteiger partial charge in [0.1, 0.15) is 0 Å². The number of rotatable bonds is 3. The van der Waals surface area contributed by atoms with Crippen molar-refractivity contribution in [2.24, 2.45) is 0 Å². The molecule has 24 heavy (non-hydrogen) atoms. The Kier molecular flexibility index (Phi) is 4.43. The van der Waals surface area contributed by atoms with Crippen molar-refractivity contribution in [2.45, 2.75) is 0 Å². The molecule has 0 fully saturated rings. The number of carbonyl (C=O) groups is 2. The number of carbonyl (C=O) groups excluding carboxylic acids is 2. The van der Waals surface area contributed by atoms with E-state index in [1.54, 1.807) is 24.3 Å². The largest absolute Gasteiger partial charge is 0.465 e. The van der Waals surface area contributed by atoms with Gasteiger partial charge in [-0.25, -0.2) is 9.59 Å². The van der Waals surface area contributed by atoms with Crippen molar-refractivity contribution in [1.29, 1.82) is 0 Å². The first-order valence-electron chi connectivity index (χ1n) is 7.41. The SMILES string of the molecule is COC(=O)c1ccc(NC(=O)Nc2cccc3ccccc23)cc1. The number of urea groups is 1. The molecule has 120 valence electrons. The van der Waals surface area contributed by atoms with Crippen molar-refractivity contribution in [3.63, 3.8) is 0 Å². The van der Waals surface area contributed by atoms with Crippen LogP contribution in [0.1, 0.15) is 10.4 Å². The number of benzene rings is 3. The monoisotopic (exact) mass is 320 g/mol. The first kappa shape index (κ1) is 15.6. The zero-order chi connectivity index (χ0) is 16.9. The Morgan fingerprint density at radius 2 is 1.54 bits per heavy atom. The molecule has 0 heterocycles. The molecule has 3 rings (SSSR count). The van der Waals surface area contributed by atoms with Gasteiger partial charge >= 0.3 is 12.0 Å². The maximum atomic E-state index is 12.2. The molecule has 0 bridgehead atoms. The van der Waals surface area contributed by atoms with Gasteiger partial charge in [-0.3, -0.25) is 0 Å². The number of fused-ring (bicyclic) bond motifs is 1. The molecule has 0 saturated heterocycles. The van der Waals surface area contributed by atoms with Crippen LogP contribution in [-0.4, -0.2) is 19.1 Å². The van der Waals surface area contributed by atoms with E-state index in [9.17, 15) is 9.59 Å². The summed E-state index contributed by atoms with van der Waals surface area (Å²) < 4.78 is 4.64. The van der Waals surface area contributed by atoms with E-state index in [-0.39, 0.29) is 6.03 Å². The minimum Gasteiger partial charge on any atom is -0.465 e. The van der Waals surface area contributed by atoms with Crippen LogP contribution in [0, 0.1) is 0 Å². The number of ether oxygens (including phenoxy) is 1. The normalized spacial score (nSPS) is 10.2. The van der Waals surface area contributed by atoms with Crippen LogP contribution in [0.3, 0.4) is 0 Å². The van der Waals surface area contributed by atoms with Gasteiger partial charge in [-0.05, 0) is 35.7 Å². The lowest BCUT2D eigenvalue weighted by molar-refractivity contribution is 0.0601. The lowest BCUT2D eigenvalue weighted by atomic mass is 10.1. The number of anilines is 2. The van der Waals surface area contributed by atoms with Crippen LogP contribution in [0.2, 0.25) is 0 Å². The van der Waals surface area contributed by atoms with E-state index >= 15 is 0 Å². The maximum Gasteiger partial charge on any atom is 0.337 e.